The number of furan rings is 1. The second kappa shape index (κ2) is 6.34. The second-order valence-electron chi connectivity index (χ2n) is 6.56. The van der Waals surface area contributed by atoms with Crippen LogP contribution in [0, 0.1) is 5.92 Å². The van der Waals surface area contributed by atoms with Gasteiger partial charge in [0.1, 0.15) is 5.58 Å². The highest BCUT2D eigenvalue weighted by Gasteiger charge is 2.36. The van der Waals surface area contributed by atoms with Crippen molar-refractivity contribution in [2.24, 2.45) is 5.92 Å². The van der Waals surface area contributed by atoms with Crippen molar-refractivity contribution in [3.8, 4) is 0 Å². The first-order chi connectivity index (χ1) is 11.0. The maximum absolute atomic E-state index is 13.0. The molecule has 0 saturated carbocycles. The summed E-state index contributed by atoms with van der Waals surface area (Å²) >= 11 is 0. The van der Waals surface area contributed by atoms with Crippen LogP contribution >= 0.6 is 0 Å². The van der Waals surface area contributed by atoms with Gasteiger partial charge in [0, 0.05) is 37.2 Å². The number of ether oxygens (including phenoxy) is 1. The predicted octanol–water partition coefficient (Wildman–Crippen LogP) is 2.60. The SMILES string of the molecule is COCc1c(C(=O)N2C[C@@H](C)[C@H](N(C)C)C2)oc2ccccc12. The van der Waals surface area contributed by atoms with E-state index >= 15 is 0 Å². The number of nitrogens with zero attached hydrogens (tertiary/aromatic N) is 2. The zero-order valence-electron chi connectivity index (χ0n) is 14.2. The van der Waals surface area contributed by atoms with Crippen molar-refractivity contribution in [1.29, 1.82) is 0 Å². The minimum absolute atomic E-state index is 0.0375. The summed E-state index contributed by atoms with van der Waals surface area (Å²) in [5.41, 5.74) is 1.58. The highest BCUT2D eigenvalue weighted by atomic mass is 16.5. The molecule has 2 atom stereocenters. The molecule has 2 heterocycles. The Balaban J connectivity index is 1.94. The average Bonchev–Trinajstić information content (AvgIpc) is 3.09. The molecule has 0 unspecified atom stereocenters. The van der Waals surface area contributed by atoms with E-state index in [9.17, 15) is 4.79 Å². The number of carbonyl (C=O) groups excluding carboxylic acids is 1. The van der Waals surface area contributed by atoms with Gasteiger partial charge in [0.15, 0.2) is 5.76 Å². The number of fused-ring (bicyclic) bond motifs is 1. The lowest BCUT2D eigenvalue weighted by atomic mass is 10.1. The smallest absolute Gasteiger partial charge is 0.290 e. The van der Waals surface area contributed by atoms with E-state index in [0.29, 0.717) is 24.3 Å². The van der Waals surface area contributed by atoms with Crippen LogP contribution in [-0.2, 0) is 11.3 Å². The van der Waals surface area contributed by atoms with Crippen LogP contribution in [0.1, 0.15) is 23.0 Å². The molecule has 3 rings (SSSR count). The van der Waals surface area contributed by atoms with E-state index in [1.165, 1.54) is 0 Å². The summed E-state index contributed by atoms with van der Waals surface area (Å²) in [7, 11) is 5.76. The Morgan fingerprint density at radius 2 is 2.09 bits per heavy atom. The first kappa shape index (κ1) is 16.0. The van der Waals surface area contributed by atoms with Crippen LogP contribution in [-0.4, -0.2) is 56.0 Å². The van der Waals surface area contributed by atoms with E-state index in [1.54, 1.807) is 7.11 Å². The molecule has 0 N–H and O–H groups in total. The molecule has 1 saturated heterocycles. The van der Waals surface area contributed by atoms with Gasteiger partial charge in [-0.2, -0.15) is 0 Å². The molecule has 0 spiro atoms. The number of benzene rings is 1. The third-order valence-electron chi connectivity index (χ3n) is 4.70. The molecule has 1 fully saturated rings. The summed E-state index contributed by atoms with van der Waals surface area (Å²) in [6, 6.07) is 8.11. The number of hydrogen-bond donors (Lipinski definition) is 0. The van der Waals surface area contributed by atoms with Crippen molar-refractivity contribution >= 4 is 16.9 Å². The van der Waals surface area contributed by atoms with Gasteiger partial charge < -0.3 is 19.0 Å². The summed E-state index contributed by atoms with van der Waals surface area (Å²) in [4.78, 5) is 17.1. The summed E-state index contributed by atoms with van der Waals surface area (Å²) < 4.78 is 11.2. The van der Waals surface area contributed by atoms with Crippen molar-refractivity contribution in [2.45, 2.75) is 19.6 Å². The minimum atomic E-state index is -0.0375. The Kier molecular flexibility index (Phi) is 4.41. The van der Waals surface area contributed by atoms with Gasteiger partial charge in [0.25, 0.3) is 5.91 Å². The molecule has 2 aromatic rings. The molecular formula is C18H24N2O3. The van der Waals surface area contributed by atoms with Gasteiger partial charge in [-0.25, -0.2) is 0 Å². The summed E-state index contributed by atoms with van der Waals surface area (Å²) in [5, 5.41) is 0.953. The Morgan fingerprint density at radius 1 is 1.35 bits per heavy atom. The van der Waals surface area contributed by atoms with E-state index < -0.39 is 0 Å². The van der Waals surface area contributed by atoms with Gasteiger partial charge in [-0.15, -0.1) is 0 Å². The largest absolute Gasteiger partial charge is 0.451 e. The second-order valence-corrected chi connectivity index (χ2v) is 6.56. The Hall–Kier alpha value is -1.85. The molecular weight excluding hydrogens is 292 g/mol. The zero-order valence-corrected chi connectivity index (χ0v) is 14.2. The van der Waals surface area contributed by atoms with E-state index in [2.05, 4.69) is 25.9 Å². The minimum Gasteiger partial charge on any atom is -0.451 e. The molecule has 0 radical (unpaired) electrons. The third kappa shape index (κ3) is 2.86. The predicted molar refractivity (Wildman–Crippen MR) is 89.5 cm³/mol. The first-order valence-electron chi connectivity index (χ1n) is 7.98. The maximum Gasteiger partial charge on any atom is 0.290 e. The molecule has 0 bridgehead atoms. The third-order valence-corrected chi connectivity index (χ3v) is 4.70. The lowest BCUT2D eigenvalue weighted by Crippen LogP contribution is -2.35. The number of methoxy groups -OCH3 is 1. The lowest BCUT2D eigenvalue weighted by molar-refractivity contribution is 0.0745. The van der Waals surface area contributed by atoms with Crippen molar-refractivity contribution in [3.05, 3.63) is 35.6 Å². The van der Waals surface area contributed by atoms with Gasteiger partial charge in [-0.1, -0.05) is 25.1 Å². The van der Waals surface area contributed by atoms with E-state index in [-0.39, 0.29) is 5.91 Å². The quantitative estimate of drug-likeness (QED) is 0.870. The van der Waals surface area contributed by atoms with Gasteiger partial charge in [0.05, 0.1) is 6.61 Å². The number of likely N-dealkylation sites (N-methyl/N-ethyl adjacent to an activating group) is 1. The van der Waals surface area contributed by atoms with Crippen molar-refractivity contribution in [3.63, 3.8) is 0 Å². The molecule has 1 aromatic heterocycles. The number of likely N-dealkylation sites (tertiary alicyclic amines) is 1. The van der Waals surface area contributed by atoms with Crippen LogP contribution in [0.4, 0.5) is 0 Å². The molecule has 5 heteroatoms. The topological polar surface area (TPSA) is 45.9 Å². The number of carbonyl (C=O) groups is 1. The van der Waals surface area contributed by atoms with Gasteiger partial charge in [-0.3, -0.25) is 4.79 Å². The highest BCUT2D eigenvalue weighted by molar-refractivity contribution is 5.99. The fourth-order valence-corrected chi connectivity index (χ4v) is 3.49. The highest BCUT2D eigenvalue weighted by Crippen LogP contribution is 2.29. The molecule has 1 aromatic carbocycles. The van der Waals surface area contributed by atoms with Crippen molar-refractivity contribution in [1.82, 2.24) is 9.80 Å². The fourth-order valence-electron chi connectivity index (χ4n) is 3.49. The standard InChI is InChI=1S/C18H24N2O3/c1-12-9-20(10-15(12)19(2)3)18(21)17-14(11-22-4)13-7-5-6-8-16(13)23-17/h5-8,12,15H,9-11H2,1-4H3/t12-,15-/m1/s1. The van der Waals surface area contributed by atoms with E-state index in [0.717, 1.165) is 29.6 Å². The zero-order chi connectivity index (χ0) is 16.6. The van der Waals surface area contributed by atoms with E-state index in [1.807, 2.05) is 29.2 Å². The Bertz CT molecular complexity index is 707. The number of hydrogen-bond acceptors (Lipinski definition) is 4. The monoisotopic (exact) mass is 316 g/mol. The van der Waals surface area contributed by atoms with Crippen LogP contribution in [0.2, 0.25) is 0 Å². The van der Waals surface area contributed by atoms with Gasteiger partial charge in [0.2, 0.25) is 0 Å². The van der Waals surface area contributed by atoms with Crippen molar-refractivity contribution in [2.75, 3.05) is 34.3 Å². The molecule has 1 aliphatic rings. The first-order valence-corrected chi connectivity index (χ1v) is 7.98. The van der Waals surface area contributed by atoms with Crippen LogP contribution in [0.25, 0.3) is 11.0 Å². The Labute approximate surface area is 136 Å². The van der Waals surface area contributed by atoms with Gasteiger partial charge in [-0.05, 0) is 26.1 Å². The van der Waals surface area contributed by atoms with Gasteiger partial charge >= 0.3 is 0 Å². The van der Waals surface area contributed by atoms with Crippen LogP contribution in [0.15, 0.2) is 28.7 Å². The summed E-state index contributed by atoms with van der Waals surface area (Å²) in [6.45, 7) is 4.05. The number of para-hydroxylation sites is 1. The van der Waals surface area contributed by atoms with Crippen LogP contribution in [0.5, 0.6) is 0 Å². The number of amides is 1. The molecule has 1 amide bonds. The normalized spacial score (nSPS) is 21.5. The molecule has 124 valence electrons. The van der Waals surface area contributed by atoms with Crippen LogP contribution < -0.4 is 0 Å². The summed E-state index contributed by atoms with van der Waals surface area (Å²) in [5.74, 6) is 0.827. The van der Waals surface area contributed by atoms with Crippen LogP contribution in [0.3, 0.4) is 0 Å². The lowest BCUT2D eigenvalue weighted by Gasteiger charge is -2.22. The van der Waals surface area contributed by atoms with E-state index in [4.69, 9.17) is 9.15 Å². The average molecular weight is 316 g/mol. The molecule has 5 nitrogen and oxygen atoms in total. The molecule has 0 aliphatic carbocycles. The number of rotatable bonds is 4. The summed E-state index contributed by atoms with van der Waals surface area (Å²) in [6.07, 6.45) is 0. The molecule has 23 heavy (non-hydrogen) atoms. The Morgan fingerprint density at radius 3 is 2.74 bits per heavy atom. The van der Waals surface area contributed by atoms with Crippen molar-refractivity contribution < 1.29 is 13.9 Å². The maximum atomic E-state index is 13.0. The molecule has 1 aliphatic heterocycles. The fraction of sp³-hybridized carbons (Fsp3) is 0.500.